The van der Waals surface area contributed by atoms with Crippen molar-refractivity contribution in [2.24, 2.45) is 0 Å². The van der Waals surface area contributed by atoms with Crippen LogP contribution in [-0.4, -0.2) is 17.2 Å². The van der Waals surface area contributed by atoms with Crippen LogP contribution in [0.1, 0.15) is 6.92 Å². The molecule has 0 saturated carbocycles. The summed E-state index contributed by atoms with van der Waals surface area (Å²) in [5, 5.41) is 17.3. The van der Waals surface area contributed by atoms with Crippen LogP contribution in [0, 0.1) is 6.08 Å². The Morgan fingerprint density at radius 1 is 1.40 bits per heavy atom. The molecule has 0 aliphatic heterocycles. The SMILES string of the molecule is CC1=[C+]C=C(B(O)O)C=C1. The Balaban J connectivity index is 2.78. The average Bonchev–Trinajstić information content (AvgIpc) is 1.88. The van der Waals surface area contributed by atoms with Crippen LogP contribution in [0.25, 0.3) is 0 Å². The van der Waals surface area contributed by atoms with Gasteiger partial charge < -0.3 is 10.0 Å². The summed E-state index contributed by atoms with van der Waals surface area (Å²) in [5.74, 6) is 0. The topological polar surface area (TPSA) is 40.5 Å². The lowest BCUT2D eigenvalue weighted by molar-refractivity contribution is 0.420. The number of allylic oxidation sites excluding steroid dienone is 6. The van der Waals surface area contributed by atoms with Gasteiger partial charge in [0.05, 0.1) is 11.5 Å². The molecule has 0 spiro atoms. The number of hydrogen-bond donors (Lipinski definition) is 2. The van der Waals surface area contributed by atoms with Gasteiger partial charge in [-0.3, -0.25) is 0 Å². The van der Waals surface area contributed by atoms with E-state index < -0.39 is 7.12 Å². The largest absolute Gasteiger partial charge is 0.569 e. The van der Waals surface area contributed by atoms with Crippen molar-refractivity contribution in [1.82, 2.24) is 0 Å². The summed E-state index contributed by atoms with van der Waals surface area (Å²) in [5.41, 5.74) is 1.47. The van der Waals surface area contributed by atoms with Gasteiger partial charge in [0.25, 0.3) is 0 Å². The summed E-state index contributed by atoms with van der Waals surface area (Å²) < 4.78 is 0. The smallest absolute Gasteiger partial charge is 0.411 e. The first-order valence-corrected chi connectivity index (χ1v) is 3.04. The normalized spacial score (nSPS) is 15.5. The summed E-state index contributed by atoms with van der Waals surface area (Å²) in [6.45, 7) is 1.90. The molecule has 1 aliphatic rings. The molecule has 0 fully saturated rings. The predicted octanol–water partition coefficient (Wildman–Crippen LogP) is 0.244. The molecule has 0 aromatic heterocycles. The van der Waals surface area contributed by atoms with Gasteiger partial charge in [0.1, 0.15) is 5.57 Å². The monoisotopic (exact) mass is 135 g/mol. The molecule has 2 N–H and O–H groups in total. The van der Waals surface area contributed by atoms with Crippen LogP contribution in [0.3, 0.4) is 0 Å². The Labute approximate surface area is 60.3 Å². The van der Waals surface area contributed by atoms with Gasteiger partial charge in [-0.25, -0.2) is 0 Å². The van der Waals surface area contributed by atoms with E-state index in [9.17, 15) is 0 Å². The fourth-order valence-electron chi connectivity index (χ4n) is 0.675. The second kappa shape index (κ2) is 2.80. The highest BCUT2D eigenvalue weighted by atomic mass is 16.4. The standard InChI is InChI=1S/C7H8BO2/c1-6-2-4-7(5-3-6)8(9)10/h2,4-5,9-10H,1H3/q+1. The van der Waals surface area contributed by atoms with Gasteiger partial charge in [-0.2, -0.15) is 0 Å². The lowest BCUT2D eigenvalue weighted by atomic mass is 9.77. The highest BCUT2D eigenvalue weighted by Crippen LogP contribution is 2.08. The van der Waals surface area contributed by atoms with Crippen LogP contribution in [0.4, 0.5) is 0 Å². The minimum Gasteiger partial charge on any atom is -0.411 e. The van der Waals surface area contributed by atoms with E-state index in [0.29, 0.717) is 5.47 Å². The van der Waals surface area contributed by atoms with Gasteiger partial charge >= 0.3 is 7.12 Å². The predicted molar refractivity (Wildman–Crippen MR) is 39.8 cm³/mol. The highest BCUT2D eigenvalue weighted by molar-refractivity contribution is 6.51. The van der Waals surface area contributed by atoms with Crippen LogP contribution >= 0.6 is 0 Å². The maximum Gasteiger partial charge on any atom is 0.569 e. The third kappa shape index (κ3) is 1.55. The zero-order valence-electron chi connectivity index (χ0n) is 5.70. The molecule has 0 atom stereocenters. The van der Waals surface area contributed by atoms with Gasteiger partial charge in [-0.15, -0.1) is 0 Å². The molecule has 0 heterocycles. The molecule has 0 unspecified atom stereocenters. The second-order valence-corrected chi connectivity index (χ2v) is 2.18. The molecule has 0 bridgehead atoms. The van der Waals surface area contributed by atoms with Crippen molar-refractivity contribution < 1.29 is 10.0 Å². The third-order valence-electron chi connectivity index (χ3n) is 1.29. The van der Waals surface area contributed by atoms with Crippen LogP contribution in [-0.2, 0) is 0 Å². The molecular formula is C7H8BO2+. The molecule has 0 aromatic rings. The van der Waals surface area contributed by atoms with Crippen molar-refractivity contribution in [3.05, 3.63) is 35.3 Å². The van der Waals surface area contributed by atoms with Gasteiger partial charge in [0.15, 0.2) is 0 Å². The van der Waals surface area contributed by atoms with E-state index in [0.717, 1.165) is 5.57 Å². The summed E-state index contributed by atoms with van der Waals surface area (Å²) in [6, 6.07) is 0. The first kappa shape index (κ1) is 7.22. The fourth-order valence-corrected chi connectivity index (χ4v) is 0.675. The Hall–Kier alpha value is -0.885. The van der Waals surface area contributed by atoms with Crippen LogP contribution in [0.15, 0.2) is 29.3 Å². The summed E-state index contributed by atoms with van der Waals surface area (Å²) in [6.07, 6.45) is 7.88. The Bertz CT molecular complexity index is 214. The fraction of sp³-hybridized carbons (Fsp3) is 0.143. The average molecular weight is 135 g/mol. The lowest BCUT2D eigenvalue weighted by Gasteiger charge is -1.92. The van der Waals surface area contributed by atoms with Gasteiger partial charge in [0, 0.05) is 18.2 Å². The van der Waals surface area contributed by atoms with Crippen molar-refractivity contribution in [1.29, 1.82) is 0 Å². The molecular weight excluding hydrogens is 127 g/mol. The second-order valence-electron chi connectivity index (χ2n) is 2.18. The zero-order chi connectivity index (χ0) is 7.56. The van der Waals surface area contributed by atoms with Gasteiger partial charge in [-0.05, 0) is 6.92 Å². The van der Waals surface area contributed by atoms with E-state index in [1.54, 1.807) is 18.2 Å². The van der Waals surface area contributed by atoms with Crippen molar-refractivity contribution in [2.75, 3.05) is 0 Å². The molecule has 1 rings (SSSR count). The van der Waals surface area contributed by atoms with E-state index in [1.807, 2.05) is 6.92 Å². The molecule has 10 heavy (non-hydrogen) atoms. The first-order chi connectivity index (χ1) is 4.70. The third-order valence-corrected chi connectivity index (χ3v) is 1.29. The molecule has 50 valence electrons. The summed E-state index contributed by atoms with van der Waals surface area (Å²) in [7, 11) is -1.38. The van der Waals surface area contributed by atoms with E-state index in [1.165, 1.54) is 0 Å². The highest BCUT2D eigenvalue weighted by Gasteiger charge is 2.20. The maximum atomic E-state index is 8.65. The first-order valence-electron chi connectivity index (χ1n) is 3.04. The lowest BCUT2D eigenvalue weighted by Crippen LogP contribution is -2.14. The minimum atomic E-state index is -1.38. The zero-order valence-corrected chi connectivity index (χ0v) is 5.70. The Morgan fingerprint density at radius 2 is 2.10 bits per heavy atom. The van der Waals surface area contributed by atoms with E-state index in [4.69, 9.17) is 10.0 Å². The van der Waals surface area contributed by atoms with Gasteiger partial charge in [-0.1, -0.05) is 0 Å². The van der Waals surface area contributed by atoms with Crippen LogP contribution < -0.4 is 0 Å². The van der Waals surface area contributed by atoms with E-state index >= 15 is 0 Å². The van der Waals surface area contributed by atoms with E-state index in [2.05, 4.69) is 6.08 Å². The van der Waals surface area contributed by atoms with Crippen LogP contribution in [0.2, 0.25) is 0 Å². The van der Waals surface area contributed by atoms with Crippen LogP contribution in [0.5, 0.6) is 0 Å². The Morgan fingerprint density at radius 3 is 2.50 bits per heavy atom. The summed E-state index contributed by atoms with van der Waals surface area (Å²) in [4.78, 5) is 0. The molecule has 3 heteroatoms. The molecule has 0 amide bonds. The number of hydrogen-bond acceptors (Lipinski definition) is 2. The number of rotatable bonds is 1. The molecule has 0 radical (unpaired) electrons. The van der Waals surface area contributed by atoms with Crippen molar-refractivity contribution >= 4 is 7.12 Å². The quantitative estimate of drug-likeness (QED) is 0.399. The van der Waals surface area contributed by atoms with E-state index in [-0.39, 0.29) is 0 Å². The molecule has 0 saturated heterocycles. The molecule has 0 aromatic carbocycles. The van der Waals surface area contributed by atoms with Crippen molar-refractivity contribution in [3.8, 4) is 0 Å². The van der Waals surface area contributed by atoms with Crippen molar-refractivity contribution in [2.45, 2.75) is 6.92 Å². The van der Waals surface area contributed by atoms with Gasteiger partial charge in [0.2, 0.25) is 0 Å². The molecule has 2 nitrogen and oxygen atoms in total. The molecule has 1 aliphatic carbocycles. The Kier molecular flexibility index (Phi) is 2.02. The minimum absolute atomic E-state index is 0.477. The maximum absolute atomic E-state index is 8.65. The van der Waals surface area contributed by atoms with Crippen molar-refractivity contribution in [3.63, 3.8) is 0 Å². The summed E-state index contributed by atoms with van der Waals surface area (Å²) >= 11 is 0.